The minimum atomic E-state index is -0.638. The first-order valence-electron chi connectivity index (χ1n) is 8.33. The van der Waals surface area contributed by atoms with Gasteiger partial charge in [-0.05, 0) is 36.4 Å². The lowest BCUT2D eigenvalue weighted by Crippen LogP contribution is -2.52. The highest BCUT2D eigenvalue weighted by Gasteiger charge is 2.31. The maximum atomic E-state index is 13.0. The summed E-state index contributed by atoms with van der Waals surface area (Å²) >= 11 is 0. The first kappa shape index (κ1) is 17.5. The van der Waals surface area contributed by atoms with Gasteiger partial charge in [-0.25, -0.2) is 0 Å². The number of hydrogen-bond acceptors (Lipinski definition) is 4. The Hall–Kier alpha value is -3.35. The standard InChI is InChI=1S/C19H20N4O3/c20-15-6-8-17(9-7-15)23(16-4-2-1-3-5-16)19(26)18(25)22-12-10-21(14-24)11-13-22/h1-9,14H,10-13,20H2. The largest absolute Gasteiger partial charge is 0.399 e. The molecule has 3 amide bonds. The number of rotatable bonds is 3. The molecule has 7 nitrogen and oxygen atoms in total. The van der Waals surface area contributed by atoms with Gasteiger partial charge in [0.2, 0.25) is 6.41 Å². The van der Waals surface area contributed by atoms with E-state index in [2.05, 4.69) is 0 Å². The van der Waals surface area contributed by atoms with Gasteiger partial charge in [-0.15, -0.1) is 0 Å². The molecular weight excluding hydrogens is 332 g/mol. The molecule has 0 saturated carbocycles. The highest BCUT2D eigenvalue weighted by atomic mass is 16.2. The van der Waals surface area contributed by atoms with Gasteiger partial charge >= 0.3 is 11.8 Å². The topological polar surface area (TPSA) is 86.9 Å². The van der Waals surface area contributed by atoms with Crippen molar-refractivity contribution < 1.29 is 14.4 Å². The Kier molecular flexibility index (Phi) is 5.17. The number of benzene rings is 2. The molecule has 0 unspecified atom stereocenters. The third-order valence-electron chi connectivity index (χ3n) is 4.30. The third kappa shape index (κ3) is 3.66. The maximum Gasteiger partial charge on any atom is 0.321 e. The van der Waals surface area contributed by atoms with Gasteiger partial charge in [0.25, 0.3) is 0 Å². The summed E-state index contributed by atoms with van der Waals surface area (Å²) in [5.41, 5.74) is 7.47. The minimum Gasteiger partial charge on any atom is -0.399 e. The highest BCUT2D eigenvalue weighted by Crippen LogP contribution is 2.26. The molecule has 7 heteroatoms. The summed E-state index contributed by atoms with van der Waals surface area (Å²) in [6.07, 6.45) is 0.758. The molecule has 1 saturated heterocycles. The first-order chi connectivity index (χ1) is 12.6. The number of carbonyl (C=O) groups is 3. The van der Waals surface area contributed by atoms with Gasteiger partial charge in [-0.1, -0.05) is 18.2 Å². The van der Waals surface area contributed by atoms with Crippen LogP contribution >= 0.6 is 0 Å². The van der Waals surface area contributed by atoms with Gasteiger partial charge in [-0.2, -0.15) is 0 Å². The van der Waals surface area contributed by atoms with Crippen LogP contribution in [0.4, 0.5) is 17.1 Å². The zero-order valence-electron chi connectivity index (χ0n) is 14.2. The van der Waals surface area contributed by atoms with Crippen molar-refractivity contribution in [1.82, 2.24) is 9.80 Å². The summed E-state index contributed by atoms with van der Waals surface area (Å²) in [6, 6.07) is 15.8. The molecule has 134 valence electrons. The molecule has 1 aliphatic heterocycles. The van der Waals surface area contributed by atoms with E-state index in [0.717, 1.165) is 6.41 Å². The van der Waals surface area contributed by atoms with Crippen molar-refractivity contribution in [2.24, 2.45) is 0 Å². The second kappa shape index (κ2) is 7.69. The molecule has 1 heterocycles. The number of carbonyl (C=O) groups excluding carboxylic acids is 3. The van der Waals surface area contributed by atoms with Crippen LogP contribution in [0.3, 0.4) is 0 Å². The van der Waals surface area contributed by atoms with Crippen LogP contribution in [0.2, 0.25) is 0 Å². The smallest absolute Gasteiger partial charge is 0.321 e. The zero-order valence-corrected chi connectivity index (χ0v) is 14.2. The van der Waals surface area contributed by atoms with Gasteiger partial charge in [0, 0.05) is 43.2 Å². The summed E-state index contributed by atoms with van der Waals surface area (Å²) in [5, 5.41) is 0. The number of hydrogen-bond donors (Lipinski definition) is 1. The summed E-state index contributed by atoms with van der Waals surface area (Å²) in [5.74, 6) is -1.23. The molecule has 0 atom stereocenters. The monoisotopic (exact) mass is 352 g/mol. The fourth-order valence-corrected chi connectivity index (χ4v) is 2.85. The lowest BCUT2D eigenvalue weighted by atomic mass is 10.2. The van der Waals surface area contributed by atoms with Gasteiger partial charge in [0.1, 0.15) is 0 Å². The number of amides is 3. The predicted molar refractivity (Wildman–Crippen MR) is 98.7 cm³/mol. The normalized spacial score (nSPS) is 14.0. The van der Waals surface area contributed by atoms with Crippen molar-refractivity contribution in [1.29, 1.82) is 0 Å². The highest BCUT2D eigenvalue weighted by molar-refractivity contribution is 6.42. The molecule has 1 fully saturated rings. The van der Waals surface area contributed by atoms with E-state index >= 15 is 0 Å². The van der Waals surface area contributed by atoms with Crippen LogP contribution < -0.4 is 10.6 Å². The summed E-state index contributed by atoms with van der Waals surface area (Å²) in [6.45, 7) is 1.53. The van der Waals surface area contributed by atoms with E-state index < -0.39 is 11.8 Å². The van der Waals surface area contributed by atoms with E-state index in [1.165, 1.54) is 9.80 Å². The average molecular weight is 352 g/mol. The number of nitrogens with zero attached hydrogens (tertiary/aromatic N) is 3. The number of anilines is 3. The van der Waals surface area contributed by atoms with Crippen LogP contribution in [-0.2, 0) is 14.4 Å². The molecule has 0 spiro atoms. The molecule has 2 N–H and O–H groups in total. The maximum absolute atomic E-state index is 13.0. The molecule has 26 heavy (non-hydrogen) atoms. The second-order valence-electron chi connectivity index (χ2n) is 6.00. The van der Waals surface area contributed by atoms with Gasteiger partial charge < -0.3 is 15.5 Å². The molecule has 0 radical (unpaired) electrons. The minimum absolute atomic E-state index is 0.341. The van der Waals surface area contributed by atoms with Gasteiger partial charge in [0.05, 0.1) is 0 Å². The van der Waals surface area contributed by atoms with Gasteiger partial charge in [0.15, 0.2) is 0 Å². The van der Waals surface area contributed by atoms with Crippen LogP contribution in [0.1, 0.15) is 0 Å². The molecule has 2 aromatic rings. The zero-order chi connectivity index (χ0) is 18.5. The fraction of sp³-hybridized carbons (Fsp3) is 0.211. The van der Waals surface area contributed by atoms with Gasteiger partial charge in [-0.3, -0.25) is 19.3 Å². The van der Waals surface area contributed by atoms with Crippen LogP contribution in [0.25, 0.3) is 0 Å². The molecule has 0 aliphatic carbocycles. The van der Waals surface area contributed by atoms with Crippen molar-refractivity contribution in [2.45, 2.75) is 0 Å². The van der Waals surface area contributed by atoms with E-state index in [-0.39, 0.29) is 0 Å². The second-order valence-corrected chi connectivity index (χ2v) is 6.00. The van der Waals surface area contributed by atoms with Crippen LogP contribution in [0.5, 0.6) is 0 Å². The number of piperazine rings is 1. The van der Waals surface area contributed by atoms with E-state index in [4.69, 9.17) is 5.73 Å². The van der Waals surface area contributed by atoms with Crippen molar-refractivity contribution in [2.75, 3.05) is 36.8 Å². The Balaban J connectivity index is 1.87. The quantitative estimate of drug-likeness (QED) is 0.511. The fourth-order valence-electron chi connectivity index (χ4n) is 2.85. The molecule has 0 aromatic heterocycles. The number of para-hydroxylation sites is 1. The van der Waals surface area contributed by atoms with Crippen molar-refractivity contribution >= 4 is 35.3 Å². The van der Waals surface area contributed by atoms with E-state index in [0.29, 0.717) is 43.2 Å². The Bertz CT molecular complexity index is 784. The van der Waals surface area contributed by atoms with E-state index in [9.17, 15) is 14.4 Å². The average Bonchev–Trinajstić information content (AvgIpc) is 2.70. The summed E-state index contributed by atoms with van der Waals surface area (Å²) in [7, 11) is 0. The van der Waals surface area contributed by atoms with Crippen molar-refractivity contribution in [3.05, 3.63) is 54.6 Å². The van der Waals surface area contributed by atoms with Crippen LogP contribution in [-0.4, -0.2) is 54.2 Å². The first-order valence-corrected chi connectivity index (χ1v) is 8.33. The number of nitrogens with two attached hydrogens (primary N) is 1. The van der Waals surface area contributed by atoms with E-state index in [1.807, 2.05) is 6.07 Å². The summed E-state index contributed by atoms with van der Waals surface area (Å²) in [4.78, 5) is 41.0. The van der Waals surface area contributed by atoms with Crippen molar-refractivity contribution in [3.63, 3.8) is 0 Å². The SMILES string of the molecule is Nc1ccc(N(C(=O)C(=O)N2CCN(C=O)CC2)c2ccccc2)cc1. The molecule has 0 bridgehead atoms. The molecule has 1 aliphatic rings. The lowest BCUT2D eigenvalue weighted by molar-refractivity contribution is -0.145. The molecule has 2 aromatic carbocycles. The Morgan fingerprint density at radius 1 is 0.885 bits per heavy atom. The van der Waals surface area contributed by atoms with Crippen molar-refractivity contribution in [3.8, 4) is 0 Å². The molecule has 3 rings (SSSR count). The lowest BCUT2D eigenvalue weighted by Gasteiger charge is -2.33. The van der Waals surface area contributed by atoms with Crippen LogP contribution in [0.15, 0.2) is 54.6 Å². The third-order valence-corrected chi connectivity index (χ3v) is 4.30. The predicted octanol–water partition coefficient (Wildman–Crippen LogP) is 1.23. The molecular formula is C19H20N4O3. The van der Waals surface area contributed by atoms with E-state index in [1.54, 1.807) is 53.4 Å². The van der Waals surface area contributed by atoms with Crippen LogP contribution in [0, 0.1) is 0 Å². The summed E-state index contributed by atoms with van der Waals surface area (Å²) < 4.78 is 0. The Morgan fingerprint density at radius 2 is 1.46 bits per heavy atom. The Labute approximate surface area is 151 Å². The number of nitrogen functional groups attached to an aromatic ring is 1. The Morgan fingerprint density at radius 3 is 2.04 bits per heavy atom.